The Morgan fingerprint density at radius 2 is 2.03 bits per heavy atom. The van der Waals surface area contributed by atoms with Crippen LogP contribution >= 0.6 is 0 Å². The van der Waals surface area contributed by atoms with Gasteiger partial charge in [-0.05, 0) is 43.4 Å². The fourth-order valence-corrected chi connectivity index (χ4v) is 3.97. The summed E-state index contributed by atoms with van der Waals surface area (Å²) in [6.07, 6.45) is 5.42. The summed E-state index contributed by atoms with van der Waals surface area (Å²) in [6.45, 7) is 6.22. The number of pyridine rings is 2. The Labute approximate surface area is 169 Å². The smallest absolute Gasteiger partial charge is 0.267 e. The first-order valence-electron chi connectivity index (χ1n) is 10.4. The summed E-state index contributed by atoms with van der Waals surface area (Å²) in [5, 5.41) is 9.12. The van der Waals surface area contributed by atoms with Gasteiger partial charge in [0.2, 0.25) is 0 Å². The number of carbonyl (C=O) groups is 1. The van der Waals surface area contributed by atoms with E-state index in [0.29, 0.717) is 42.2 Å². The minimum atomic E-state index is -0.211. The number of unbranched alkanes of at least 4 members (excludes halogenated alkanes) is 1. The minimum Gasteiger partial charge on any atom is -0.339 e. The third-order valence-electron chi connectivity index (χ3n) is 5.85. The zero-order valence-corrected chi connectivity index (χ0v) is 17.0. The van der Waals surface area contributed by atoms with E-state index in [-0.39, 0.29) is 22.5 Å². The molecule has 7 heteroatoms. The van der Waals surface area contributed by atoms with Gasteiger partial charge < -0.3 is 9.47 Å². The second-order valence-corrected chi connectivity index (χ2v) is 7.97. The van der Waals surface area contributed by atoms with Crippen LogP contribution in [-0.2, 0) is 6.54 Å². The molecule has 0 bridgehead atoms. The Bertz CT molecular complexity index is 1190. The lowest BCUT2D eigenvalue weighted by Crippen LogP contribution is -2.41. The van der Waals surface area contributed by atoms with Crippen LogP contribution < -0.4 is 11.0 Å². The fourth-order valence-electron chi connectivity index (χ4n) is 3.97. The van der Waals surface area contributed by atoms with Gasteiger partial charge in [-0.1, -0.05) is 26.3 Å². The van der Waals surface area contributed by atoms with Gasteiger partial charge in [-0.25, -0.2) is 4.98 Å². The normalized spacial score (nSPS) is 15.3. The quantitative estimate of drug-likeness (QED) is 0.692. The van der Waals surface area contributed by atoms with Gasteiger partial charge in [0, 0.05) is 25.8 Å². The van der Waals surface area contributed by atoms with Crippen LogP contribution in [0.2, 0.25) is 0 Å². The first-order valence-corrected chi connectivity index (χ1v) is 10.4. The van der Waals surface area contributed by atoms with E-state index in [2.05, 4.69) is 18.8 Å². The van der Waals surface area contributed by atoms with E-state index in [1.807, 2.05) is 11.0 Å². The molecule has 1 aliphatic heterocycles. The average Bonchev–Trinajstić information content (AvgIpc) is 2.73. The molecule has 1 amide bonds. The third-order valence-corrected chi connectivity index (χ3v) is 5.85. The molecule has 1 aliphatic rings. The lowest BCUT2D eigenvalue weighted by molar-refractivity contribution is 0.0694. The Balaban J connectivity index is 1.93. The molecule has 3 aromatic rings. The largest absolute Gasteiger partial charge is 0.339 e. The van der Waals surface area contributed by atoms with Crippen LogP contribution in [0.15, 0.2) is 35.3 Å². The molecule has 0 radical (unpaired) electrons. The Hall–Kier alpha value is -2.96. The summed E-state index contributed by atoms with van der Waals surface area (Å²) in [7, 11) is 0. The molecule has 4 rings (SSSR count). The van der Waals surface area contributed by atoms with Gasteiger partial charge in [0.05, 0.1) is 10.9 Å². The fraction of sp³-hybridized carbons (Fsp3) is 0.455. The van der Waals surface area contributed by atoms with Crippen molar-refractivity contribution in [2.45, 2.75) is 46.1 Å². The van der Waals surface area contributed by atoms with Crippen molar-refractivity contribution in [1.29, 1.82) is 5.41 Å². The summed E-state index contributed by atoms with van der Waals surface area (Å²) in [5.74, 6) is 0.451. The molecule has 1 N–H and O–H groups in total. The van der Waals surface area contributed by atoms with E-state index in [0.717, 1.165) is 25.7 Å². The van der Waals surface area contributed by atoms with Gasteiger partial charge in [-0.3, -0.25) is 19.4 Å². The van der Waals surface area contributed by atoms with E-state index >= 15 is 0 Å². The van der Waals surface area contributed by atoms with Crippen LogP contribution in [0.4, 0.5) is 0 Å². The molecule has 152 valence electrons. The highest BCUT2D eigenvalue weighted by molar-refractivity contribution is 5.96. The molecule has 0 saturated carbocycles. The third kappa shape index (κ3) is 3.45. The molecular formula is C22H27N5O2. The van der Waals surface area contributed by atoms with Gasteiger partial charge in [-0.2, -0.15) is 0 Å². The highest BCUT2D eigenvalue weighted by atomic mass is 16.2. The van der Waals surface area contributed by atoms with Gasteiger partial charge >= 0.3 is 0 Å². The minimum absolute atomic E-state index is 0.141. The van der Waals surface area contributed by atoms with Crippen LogP contribution in [0, 0.1) is 11.3 Å². The van der Waals surface area contributed by atoms with E-state index in [1.165, 1.54) is 4.40 Å². The predicted octanol–water partition coefficient (Wildman–Crippen LogP) is 2.80. The van der Waals surface area contributed by atoms with E-state index in [9.17, 15) is 9.59 Å². The number of hydrogen-bond donors (Lipinski definition) is 1. The van der Waals surface area contributed by atoms with Crippen molar-refractivity contribution in [2.24, 2.45) is 5.92 Å². The van der Waals surface area contributed by atoms with Gasteiger partial charge in [0.25, 0.3) is 11.5 Å². The summed E-state index contributed by atoms with van der Waals surface area (Å²) in [6, 6.07) is 6.98. The number of likely N-dealkylation sites (tertiary alicyclic amines) is 1. The molecule has 4 heterocycles. The number of amides is 1. The molecule has 29 heavy (non-hydrogen) atoms. The monoisotopic (exact) mass is 393 g/mol. The van der Waals surface area contributed by atoms with Crippen molar-refractivity contribution < 1.29 is 4.79 Å². The molecule has 0 atom stereocenters. The maximum Gasteiger partial charge on any atom is 0.267 e. The number of aryl methyl sites for hydroxylation is 1. The number of piperidine rings is 1. The molecule has 1 fully saturated rings. The molecule has 3 aromatic heterocycles. The number of fused-ring (bicyclic) bond motifs is 2. The van der Waals surface area contributed by atoms with Crippen LogP contribution in [0.3, 0.4) is 0 Å². The molecule has 0 aliphatic carbocycles. The number of nitrogens with zero attached hydrogens (tertiary/aromatic N) is 4. The highest BCUT2D eigenvalue weighted by Gasteiger charge is 2.24. The Morgan fingerprint density at radius 3 is 2.76 bits per heavy atom. The molecule has 1 saturated heterocycles. The van der Waals surface area contributed by atoms with E-state index in [4.69, 9.17) is 5.41 Å². The number of aromatic nitrogens is 3. The van der Waals surface area contributed by atoms with Crippen molar-refractivity contribution >= 4 is 22.6 Å². The van der Waals surface area contributed by atoms with E-state index in [1.54, 1.807) is 29.0 Å². The molecular weight excluding hydrogens is 366 g/mol. The Morgan fingerprint density at radius 1 is 1.28 bits per heavy atom. The van der Waals surface area contributed by atoms with Gasteiger partial charge in [0.1, 0.15) is 16.8 Å². The summed E-state index contributed by atoms with van der Waals surface area (Å²) in [5.41, 5.74) is 1.24. The van der Waals surface area contributed by atoms with Gasteiger partial charge in [0.15, 0.2) is 0 Å². The second-order valence-electron chi connectivity index (χ2n) is 7.97. The maximum absolute atomic E-state index is 13.2. The number of hydrogen-bond acceptors (Lipinski definition) is 4. The van der Waals surface area contributed by atoms with Crippen LogP contribution in [-0.4, -0.2) is 37.8 Å². The number of rotatable bonds is 4. The zero-order chi connectivity index (χ0) is 20.5. The summed E-state index contributed by atoms with van der Waals surface area (Å²) in [4.78, 5) is 32.8. The van der Waals surface area contributed by atoms with Crippen molar-refractivity contribution in [2.75, 3.05) is 13.1 Å². The van der Waals surface area contributed by atoms with Crippen LogP contribution in [0.1, 0.15) is 49.9 Å². The summed E-state index contributed by atoms with van der Waals surface area (Å²) < 4.78 is 3.22. The van der Waals surface area contributed by atoms with Crippen molar-refractivity contribution in [3.63, 3.8) is 0 Å². The summed E-state index contributed by atoms with van der Waals surface area (Å²) >= 11 is 0. The first kappa shape index (κ1) is 19.4. The van der Waals surface area contributed by atoms with Crippen molar-refractivity contribution in [1.82, 2.24) is 18.9 Å². The lowest BCUT2D eigenvalue weighted by Gasteiger charge is -2.30. The average molecular weight is 393 g/mol. The predicted molar refractivity (Wildman–Crippen MR) is 112 cm³/mol. The standard InChI is InChI=1S/C22H27N5O2/c1-3-4-10-27-19(23)16(21(28)25-12-8-15(2)9-13-25)14-17-20(27)24-18-7-5-6-11-26(18)22(17)29/h5-7,11,14-15,23H,3-4,8-10,12-13H2,1-2H3. The van der Waals surface area contributed by atoms with Crippen molar-refractivity contribution in [3.05, 3.63) is 51.9 Å². The molecule has 0 spiro atoms. The molecule has 0 aromatic carbocycles. The maximum atomic E-state index is 13.2. The van der Waals surface area contributed by atoms with Crippen LogP contribution in [0.25, 0.3) is 16.7 Å². The van der Waals surface area contributed by atoms with Gasteiger partial charge in [-0.15, -0.1) is 0 Å². The molecule has 0 unspecified atom stereocenters. The zero-order valence-electron chi connectivity index (χ0n) is 17.0. The lowest BCUT2D eigenvalue weighted by atomic mass is 9.98. The SMILES string of the molecule is CCCCn1c(=N)c(C(=O)N2CCC(C)CC2)cc2c(=O)n3ccccc3nc21. The second kappa shape index (κ2) is 7.81. The number of carbonyl (C=O) groups excluding carboxylic acids is 1. The topological polar surface area (TPSA) is 83.5 Å². The van der Waals surface area contributed by atoms with E-state index < -0.39 is 0 Å². The van der Waals surface area contributed by atoms with Crippen molar-refractivity contribution in [3.8, 4) is 0 Å². The Kier molecular flexibility index (Phi) is 5.22. The highest BCUT2D eigenvalue weighted by Crippen LogP contribution is 2.18. The molecule has 7 nitrogen and oxygen atoms in total. The van der Waals surface area contributed by atoms with Crippen LogP contribution in [0.5, 0.6) is 0 Å². The number of nitrogens with one attached hydrogen (secondary N) is 1. The first-order chi connectivity index (χ1) is 14.0.